The van der Waals surface area contributed by atoms with Crippen LogP contribution in [0.25, 0.3) is 11.2 Å². The number of carbonyl (C=O) groups is 1. The summed E-state index contributed by atoms with van der Waals surface area (Å²) in [5.41, 5.74) is 1.06. The van der Waals surface area contributed by atoms with Gasteiger partial charge in [0.15, 0.2) is 11.2 Å². The highest BCUT2D eigenvalue weighted by Gasteiger charge is 2.25. The molecule has 0 radical (unpaired) electrons. The molecule has 1 aliphatic heterocycles. The van der Waals surface area contributed by atoms with Crippen LogP contribution in [-0.4, -0.2) is 48.9 Å². The van der Waals surface area contributed by atoms with Crippen molar-refractivity contribution in [3.63, 3.8) is 0 Å². The van der Waals surface area contributed by atoms with Crippen molar-refractivity contribution >= 4 is 17.1 Å². The van der Waals surface area contributed by atoms with Gasteiger partial charge < -0.3 is 9.88 Å². The summed E-state index contributed by atoms with van der Waals surface area (Å²) >= 11 is 0. The van der Waals surface area contributed by atoms with E-state index in [1.807, 2.05) is 4.90 Å². The van der Waals surface area contributed by atoms with Crippen LogP contribution in [0, 0.1) is 18.7 Å². The molecule has 0 bridgehead atoms. The number of nitrogens with zero attached hydrogens (tertiary/aromatic N) is 5. The number of H-pyrrole nitrogens is 1. The van der Waals surface area contributed by atoms with E-state index in [9.17, 15) is 14.0 Å². The standard InChI is InChI=1S/C19H21FN6O2/c1-12-21-18-17(19(28)22-12)23-24-26(18)11-14-5-3-7-25(10-14)16(27)9-13-4-2-6-15(20)8-13/h2,4,6,8,14H,3,5,7,9-11H2,1H3,(H,21,22,28)/t14-/m0/s1. The topological polar surface area (TPSA) is 96.8 Å². The zero-order valence-corrected chi connectivity index (χ0v) is 15.6. The number of benzene rings is 1. The summed E-state index contributed by atoms with van der Waals surface area (Å²) in [6.45, 7) is 3.54. The molecule has 1 aliphatic rings. The van der Waals surface area contributed by atoms with E-state index in [1.54, 1.807) is 23.7 Å². The SMILES string of the molecule is Cc1nc2c(nnn2C[C@H]2CCCN(C(=O)Cc3cccc(F)c3)C2)c(=O)[nH]1. The number of aromatic nitrogens is 5. The van der Waals surface area contributed by atoms with Gasteiger partial charge in [-0.25, -0.2) is 14.1 Å². The molecule has 3 aromatic rings. The molecule has 8 nitrogen and oxygen atoms in total. The lowest BCUT2D eigenvalue weighted by Gasteiger charge is -2.32. The van der Waals surface area contributed by atoms with Gasteiger partial charge in [-0.05, 0) is 43.4 Å². The zero-order valence-electron chi connectivity index (χ0n) is 15.6. The third kappa shape index (κ3) is 3.78. The smallest absolute Gasteiger partial charge is 0.281 e. The first-order valence-electron chi connectivity index (χ1n) is 9.32. The number of aromatic amines is 1. The molecular formula is C19H21FN6O2. The molecule has 4 rings (SSSR count). The number of piperidine rings is 1. The third-order valence-corrected chi connectivity index (χ3v) is 5.04. The maximum absolute atomic E-state index is 13.3. The van der Waals surface area contributed by atoms with E-state index in [2.05, 4.69) is 20.3 Å². The number of hydrogen-bond acceptors (Lipinski definition) is 5. The molecule has 0 aliphatic carbocycles. The van der Waals surface area contributed by atoms with Crippen LogP contribution in [-0.2, 0) is 17.8 Å². The average Bonchev–Trinajstić information content (AvgIpc) is 3.05. The van der Waals surface area contributed by atoms with Gasteiger partial charge in [-0.3, -0.25) is 9.59 Å². The summed E-state index contributed by atoms with van der Waals surface area (Å²) in [5, 5.41) is 8.01. The molecule has 146 valence electrons. The molecule has 1 amide bonds. The Kier molecular flexibility index (Phi) is 4.89. The minimum atomic E-state index is -0.335. The van der Waals surface area contributed by atoms with Crippen molar-refractivity contribution in [3.8, 4) is 0 Å². The molecule has 1 aromatic carbocycles. The number of likely N-dealkylation sites (tertiary alicyclic amines) is 1. The molecular weight excluding hydrogens is 363 g/mol. The number of hydrogen-bond donors (Lipinski definition) is 1. The van der Waals surface area contributed by atoms with E-state index in [4.69, 9.17) is 0 Å². The van der Waals surface area contributed by atoms with Gasteiger partial charge in [-0.2, -0.15) is 0 Å². The van der Waals surface area contributed by atoms with E-state index in [1.165, 1.54) is 12.1 Å². The number of aryl methyl sites for hydroxylation is 1. The molecule has 1 N–H and O–H groups in total. The summed E-state index contributed by atoms with van der Waals surface area (Å²) in [6, 6.07) is 6.14. The highest BCUT2D eigenvalue weighted by Crippen LogP contribution is 2.20. The maximum Gasteiger partial charge on any atom is 0.281 e. The fourth-order valence-electron chi connectivity index (χ4n) is 3.72. The zero-order chi connectivity index (χ0) is 19.7. The molecule has 0 saturated carbocycles. The van der Waals surface area contributed by atoms with E-state index in [0.29, 0.717) is 36.7 Å². The average molecular weight is 384 g/mol. The second kappa shape index (κ2) is 7.49. The molecule has 0 unspecified atom stereocenters. The van der Waals surface area contributed by atoms with E-state index in [-0.39, 0.29) is 35.1 Å². The van der Waals surface area contributed by atoms with Crippen molar-refractivity contribution < 1.29 is 9.18 Å². The van der Waals surface area contributed by atoms with Gasteiger partial charge in [0.2, 0.25) is 5.91 Å². The highest BCUT2D eigenvalue weighted by atomic mass is 19.1. The molecule has 9 heteroatoms. The lowest BCUT2D eigenvalue weighted by molar-refractivity contribution is -0.132. The Labute approximate surface area is 160 Å². The summed E-state index contributed by atoms with van der Waals surface area (Å²) in [4.78, 5) is 33.4. The fraction of sp³-hybridized carbons (Fsp3) is 0.421. The number of rotatable bonds is 4. The molecule has 1 fully saturated rings. The van der Waals surface area contributed by atoms with Crippen LogP contribution in [0.4, 0.5) is 4.39 Å². The Morgan fingerprint density at radius 3 is 3.07 bits per heavy atom. The number of amides is 1. The predicted octanol–water partition coefficient (Wildman–Crippen LogP) is 1.44. The third-order valence-electron chi connectivity index (χ3n) is 5.04. The quantitative estimate of drug-likeness (QED) is 0.734. The highest BCUT2D eigenvalue weighted by molar-refractivity contribution is 5.78. The van der Waals surface area contributed by atoms with Crippen LogP contribution in [0.15, 0.2) is 29.1 Å². The first kappa shape index (κ1) is 18.3. The van der Waals surface area contributed by atoms with Gasteiger partial charge in [-0.15, -0.1) is 5.10 Å². The van der Waals surface area contributed by atoms with E-state index in [0.717, 1.165) is 12.8 Å². The molecule has 0 spiro atoms. The Morgan fingerprint density at radius 2 is 2.25 bits per heavy atom. The Hall–Kier alpha value is -3.10. The van der Waals surface area contributed by atoms with Crippen molar-refractivity contribution in [2.24, 2.45) is 5.92 Å². The second-order valence-electron chi connectivity index (χ2n) is 7.25. The Bertz CT molecular complexity index is 1080. The number of nitrogens with one attached hydrogen (secondary N) is 1. The van der Waals surface area contributed by atoms with E-state index < -0.39 is 0 Å². The van der Waals surface area contributed by atoms with Crippen molar-refractivity contribution in [1.82, 2.24) is 29.9 Å². The normalized spacial score (nSPS) is 17.2. The molecule has 1 atom stereocenters. The van der Waals surface area contributed by atoms with Crippen LogP contribution in [0.2, 0.25) is 0 Å². The van der Waals surface area contributed by atoms with Crippen LogP contribution in [0.3, 0.4) is 0 Å². The Morgan fingerprint density at radius 1 is 1.39 bits per heavy atom. The number of halogens is 1. The number of fused-ring (bicyclic) bond motifs is 1. The van der Waals surface area contributed by atoms with Crippen molar-refractivity contribution in [2.75, 3.05) is 13.1 Å². The summed E-state index contributed by atoms with van der Waals surface area (Å²) in [7, 11) is 0. The number of carbonyl (C=O) groups excluding carboxylic acids is 1. The monoisotopic (exact) mass is 384 g/mol. The lowest BCUT2D eigenvalue weighted by Crippen LogP contribution is -2.42. The van der Waals surface area contributed by atoms with Crippen LogP contribution in [0.1, 0.15) is 24.2 Å². The minimum absolute atomic E-state index is 0.0100. The predicted molar refractivity (Wildman–Crippen MR) is 100 cm³/mol. The summed E-state index contributed by atoms with van der Waals surface area (Å²) < 4.78 is 15.0. The molecule has 28 heavy (non-hydrogen) atoms. The minimum Gasteiger partial charge on any atom is -0.342 e. The van der Waals surface area contributed by atoms with Crippen LogP contribution >= 0.6 is 0 Å². The largest absolute Gasteiger partial charge is 0.342 e. The second-order valence-corrected chi connectivity index (χ2v) is 7.25. The van der Waals surface area contributed by atoms with Gasteiger partial charge in [0, 0.05) is 19.6 Å². The maximum atomic E-state index is 13.3. The van der Waals surface area contributed by atoms with Crippen LogP contribution in [0.5, 0.6) is 0 Å². The van der Waals surface area contributed by atoms with Gasteiger partial charge in [0.1, 0.15) is 11.6 Å². The molecule has 2 aromatic heterocycles. The summed E-state index contributed by atoms with van der Waals surface area (Å²) in [6.07, 6.45) is 2.03. The van der Waals surface area contributed by atoms with Gasteiger partial charge >= 0.3 is 0 Å². The Balaban J connectivity index is 1.45. The summed E-state index contributed by atoms with van der Waals surface area (Å²) in [5.74, 6) is 0.356. The van der Waals surface area contributed by atoms with Crippen LogP contribution < -0.4 is 5.56 Å². The molecule has 1 saturated heterocycles. The van der Waals surface area contributed by atoms with Crippen molar-refractivity contribution in [1.29, 1.82) is 0 Å². The van der Waals surface area contributed by atoms with Crippen molar-refractivity contribution in [3.05, 3.63) is 51.8 Å². The first-order chi connectivity index (χ1) is 13.5. The molecule has 3 heterocycles. The lowest BCUT2D eigenvalue weighted by atomic mass is 9.97. The van der Waals surface area contributed by atoms with Crippen molar-refractivity contribution in [2.45, 2.75) is 32.7 Å². The van der Waals surface area contributed by atoms with E-state index >= 15 is 0 Å². The van der Waals surface area contributed by atoms with Gasteiger partial charge in [-0.1, -0.05) is 17.3 Å². The van der Waals surface area contributed by atoms with Gasteiger partial charge in [0.25, 0.3) is 5.56 Å². The van der Waals surface area contributed by atoms with Gasteiger partial charge in [0.05, 0.1) is 6.42 Å². The first-order valence-corrected chi connectivity index (χ1v) is 9.32. The fourth-order valence-corrected chi connectivity index (χ4v) is 3.72.